The summed E-state index contributed by atoms with van der Waals surface area (Å²) >= 11 is 0. The molecular formula is C14H14N2O3. The molecule has 1 N–H and O–H groups in total. The summed E-state index contributed by atoms with van der Waals surface area (Å²) in [4.78, 5) is 23.0. The minimum atomic E-state index is -0.398. The average Bonchev–Trinajstić information content (AvgIpc) is 2.73. The number of para-hydroxylation sites is 2. The zero-order chi connectivity index (χ0) is 13.7. The van der Waals surface area contributed by atoms with Crippen LogP contribution in [0.15, 0.2) is 33.5 Å². The second kappa shape index (κ2) is 5.91. The van der Waals surface area contributed by atoms with Crippen molar-refractivity contribution in [1.82, 2.24) is 9.88 Å². The SMILES string of the molecule is C#CCNC(=O)CCCn1c(=O)oc2ccccc21. The fourth-order valence-electron chi connectivity index (χ4n) is 1.86. The number of oxazole rings is 1. The number of carbonyl (C=O) groups excluding carboxylic acids is 1. The molecule has 0 bridgehead atoms. The molecule has 2 aromatic rings. The van der Waals surface area contributed by atoms with Gasteiger partial charge in [-0.25, -0.2) is 4.79 Å². The van der Waals surface area contributed by atoms with Gasteiger partial charge in [-0.3, -0.25) is 9.36 Å². The van der Waals surface area contributed by atoms with Gasteiger partial charge in [-0.15, -0.1) is 6.42 Å². The quantitative estimate of drug-likeness (QED) is 0.817. The van der Waals surface area contributed by atoms with Crippen LogP contribution in [0.3, 0.4) is 0 Å². The minimum absolute atomic E-state index is 0.112. The fraction of sp³-hybridized carbons (Fsp3) is 0.286. The van der Waals surface area contributed by atoms with Crippen LogP contribution in [0.25, 0.3) is 11.1 Å². The van der Waals surface area contributed by atoms with E-state index in [1.165, 1.54) is 4.57 Å². The second-order valence-corrected chi connectivity index (χ2v) is 4.07. The van der Waals surface area contributed by atoms with E-state index in [2.05, 4.69) is 11.2 Å². The monoisotopic (exact) mass is 258 g/mol. The molecule has 0 aliphatic rings. The van der Waals surface area contributed by atoms with E-state index in [1.54, 1.807) is 6.07 Å². The van der Waals surface area contributed by atoms with E-state index in [-0.39, 0.29) is 12.5 Å². The summed E-state index contributed by atoms with van der Waals surface area (Å²) in [7, 11) is 0. The first-order chi connectivity index (χ1) is 9.22. The lowest BCUT2D eigenvalue weighted by atomic mass is 10.2. The van der Waals surface area contributed by atoms with Crippen LogP contribution in [-0.2, 0) is 11.3 Å². The number of aromatic nitrogens is 1. The summed E-state index contributed by atoms with van der Waals surface area (Å²) < 4.78 is 6.63. The number of carbonyl (C=O) groups is 1. The molecule has 1 aromatic carbocycles. The standard InChI is InChI=1S/C14H14N2O3/c1-2-9-15-13(17)8-5-10-16-11-6-3-4-7-12(11)19-14(16)18/h1,3-4,6-7H,5,8-10H2,(H,15,17). The van der Waals surface area contributed by atoms with Gasteiger partial charge in [0.15, 0.2) is 5.58 Å². The van der Waals surface area contributed by atoms with Crippen molar-refractivity contribution in [3.8, 4) is 12.3 Å². The van der Waals surface area contributed by atoms with Crippen LogP contribution in [-0.4, -0.2) is 17.0 Å². The predicted molar refractivity (Wildman–Crippen MR) is 71.6 cm³/mol. The Hall–Kier alpha value is -2.48. The Morgan fingerprint density at radius 1 is 1.42 bits per heavy atom. The van der Waals surface area contributed by atoms with Gasteiger partial charge in [0, 0.05) is 13.0 Å². The molecule has 2 rings (SSSR count). The number of terminal acetylenes is 1. The Bertz CT molecular complexity index is 676. The topological polar surface area (TPSA) is 64.2 Å². The highest BCUT2D eigenvalue weighted by molar-refractivity contribution is 5.76. The van der Waals surface area contributed by atoms with Crippen LogP contribution >= 0.6 is 0 Å². The maximum atomic E-state index is 11.7. The minimum Gasteiger partial charge on any atom is -0.408 e. The molecule has 1 amide bonds. The van der Waals surface area contributed by atoms with Crippen LogP contribution in [0.4, 0.5) is 0 Å². The van der Waals surface area contributed by atoms with Gasteiger partial charge in [0.25, 0.3) is 0 Å². The van der Waals surface area contributed by atoms with Crippen LogP contribution in [0, 0.1) is 12.3 Å². The number of aryl methyl sites for hydroxylation is 1. The lowest BCUT2D eigenvalue weighted by molar-refractivity contribution is -0.120. The maximum absolute atomic E-state index is 11.7. The predicted octanol–water partition coefficient (Wildman–Crippen LogP) is 1.12. The lowest BCUT2D eigenvalue weighted by Crippen LogP contribution is -2.24. The van der Waals surface area contributed by atoms with E-state index in [1.807, 2.05) is 18.2 Å². The third-order valence-corrected chi connectivity index (χ3v) is 2.75. The third-order valence-electron chi connectivity index (χ3n) is 2.75. The summed E-state index contributed by atoms with van der Waals surface area (Å²) in [5.74, 6) is 1.82. The molecule has 0 saturated carbocycles. The van der Waals surface area contributed by atoms with E-state index in [9.17, 15) is 9.59 Å². The Kier molecular flexibility index (Phi) is 4.04. The summed E-state index contributed by atoms with van der Waals surface area (Å²) in [5.41, 5.74) is 1.31. The zero-order valence-corrected chi connectivity index (χ0v) is 10.4. The van der Waals surface area contributed by atoms with E-state index >= 15 is 0 Å². The van der Waals surface area contributed by atoms with Crippen LogP contribution in [0.2, 0.25) is 0 Å². The third kappa shape index (κ3) is 3.05. The van der Waals surface area contributed by atoms with E-state index in [4.69, 9.17) is 10.8 Å². The van der Waals surface area contributed by atoms with E-state index in [0.717, 1.165) is 5.52 Å². The largest absolute Gasteiger partial charge is 0.419 e. The molecular weight excluding hydrogens is 244 g/mol. The van der Waals surface area contributed by atoms with E-state index in [0.29, 0.717) is 25.0 Å². The Morgan fingerprint density at radius 3 is 3.00 bits per heavy atom. The first-order valence-corrected chi connectivity index (χ1v) is 6.01. The molecule has 5 nitrogen and oxygen atoms in total. The normalized spacial score (nSPS) is 10.3. The number of hydrogen-bond donors (Lipinski definition) is 1. The van der Waals surface area contributed by atoms with Gasteiger partial charge >= 0.3 is 5.76 Å². The Balaban J connectivity index is 1.99. The molecule has 0 aliphatic carbocycles. The summed E-state index contributed by atoms with van der Waals surface area (Å²) in [6, 6.07) is 7.21. The molecule has 0 fully saturated rings. The molecule has 0 aliphatic heterocycles. The molecule has 1 aromatic heterocycles. The van der Waals surface area contributed by atoms with Crippen molar-refractivity contribution in [2.75, 3.05) is 6.54 Å². The van der Waals surface area contributed by atoms with Crippen LogP contribution in [0.1, 0.15) is 12.8 Å². The molecule has 1 heterocycles. The summed E-state index contributed by atoms with van der Waals surface area (Å²) in [5, 5.41) is 2.58. The zero-order valence-electron chi connectivity index (χ0n) is 10.4. The highest BCUT2D eigenvalue weighted by Crippen LogP contribution is 2.12. The summed E-state index contributed by atoms with van der Waals surface area (Å²) in [6.45, 7) is 0.673. The molecule has 5 heteroatoms. The van der Waals surface area contributed by atoms with Gasteiger partial charge in [0.2, 0.25) is 5.91 Å². The Morgan fingerprint density at radius 2 is 2.21 bits per heavy atom. The smallest absolute Gasteiger partial charge is 0.408 e. The molecule has 0 radical (unpaired) electrons. The van der Waals surface area contributed by atoms with Crippen LogP contribution in [0.5, 0.6) is 0 Å². The molecule has 98 valence electrons. The van der Waals surface area contributed by atoms with Crippen LogP contribution < -0.4 is 11.1 Å². The molecule has 0 spiro atoms. The van der Waals surface area contributed by atoms with Crippen molar-refractivity contribution in [3.05, 3.63) is 34.8 Å². The number of rotatable bonds is 5. The van der Waals surface area contributed by atoms with Gasteiger partial charge in [0.1, 0.15) is 0 Å². The highest BCUT2D eigenvalue weighted by atomic mass is 16.4. The number of amides is 1. The van der Waals surface area contributed by atoms with Gasteiger partial charge in [-0.1, -0.05) is 18.1 Å². The van der Waals surface area contributed by atoms with Crippen molar-refractivity contribution < 1.29 is 9.21 Å². The van der Waals surface area contributed by atoms with Gasteiger partial charge < -0.3 is 9.73 Å². The highest BCUT2D eigenvalue weighted by Gasteiger charge is 2.08. The Labute approximate surface area is 110 Å². The molecule has 0 unspecified atom stereocenters. The van der Waals surface area contributed by atoms with Gasteiger partial charge in [0.05, 0.1) is 12.1 Å². The number of benzene rings is 1. The van der Waals surface area contributed by atoms with Crippen molar-refractivity contribution in [2.45, 2.75) is 19.4 Å². The summed E-state index contributed by atoms with van der Waals surface area (Å²) in [6.07, 6.45) is 5.92. The number of nitrogens with zero attached hydrogens (tertiary/aromatic N) is 1. The first kappa shape index (κ1) is 13.0. The number of nitrogens with one attached hydrogen (secondary N) is 1. The van der Waals surface area contributed by atoms with Crippen molar-refractivity contribution >= 4 is 17.0 Å². The van der Waals surface area contributed by atoms with Crippen molar-refractivity contribution in [2.24, 2.45) is 0 Å². The molecule has 0 atom stereocenters. The van der Waals surface area contributed by atoms with Crippen molar-refractivity contribution in [3.63, 3.8) is 0 Å². The first-order valence-electron chi connectivity index (χ1n) is 6.01. The lowest BCUT2D eigenvalue weighted by Gasteiger charge is -2.02. The van der Waals surface area contributed by atoms with E-state index < -0.39 is 5.76 Å². The number of fused-ring (bicyclic) bond motifs is 1. The second-order valence-electron chi connectivity index (χ2n) is 4.07. The fourth-order valence-corrected chi connectivity index (χ4v) is 1.86. The van der Waals surface area contributed by atoms with Gasteiger partial charge in [-0.05, 0) is 18.6 Å². The van der Waals surface area contributed by atoms with Crippen molar-refractivity contribution in [1.29, 1.82) is 0 Å². The average molecular weight is 258 g/mol. The molecule has 19 heavy (non-hydrogen) atoms. The maximum Gasteiger partial charge on any atom is 0.419 e. The number of hydrogen-bond acceptors (Lipinski definition) is 3. The van der Waals surface area contributed by atoms with Gasteiger partial charge in [-0.2, -0.15) is 0 Å². The molecule has 0 saturated heterocycles.